The van der Waals surface area contributed by atoms with E-state index in [1.165, 1.54) is 5.56 Å². The summed E-state index contributed by atoms with van der Waals surface area (Å²) in [5.74, 6) is 0.398. The summed E-state index contributed by atoms with van der Waals surface area (Å²) in [4.78, 5) is 11.6. The Balaban J connectivity index is 1.95. The maximum atomic E-state index is 11.6. The molecule has 0 bridgehead atoms. The topological polar surface area (TPSA) is 26.3 Å². The second-order valence-corrected chi connectivity index (χ2v) is 5.05. The maximum absolute atomic E-state index is 11.6. The zero-order chi connectivity index (χ0) is 15.1. The quantitative estimate of drug-likeness (QED) is 0.329. The molecule has 0 heterocycles. The van der Waals surface area contributed by atoms with Crippen molar-refractivity contribution < 1.29 is 9.53 Å². The van der Waals surface area contributed by atoms with Crippen LogP contribution in [0.5, 0.6) is 5.75 Å². The van der Waals surface area contributed by atoms with Gasteiger partial charge < -0.3 is 4.74 Å². The molecule has 0 amide bonds. The van der Waals surface area contributed by atoms with Crippen molar-refractivity contribution in [1.82, 2.24) is 0 Å². The molecule has 2 heteroatoms. The molecule has 2 rings (SSSR count). The van der Waals surface area contributed by atoms with Crippen molar-refractivity contribution in [3.8, 4) is 16.9 Å². The molecule has 2 aromatic rings. The molecule has 0 radical (unpaired) electrons. The number of ether oxygens (including phenoxy) is 1. The first-order valence-electron chi connectivity index (χ1n) is 7.18. The highest BCUT2D eigenvalue weighted by molar-refractivity contribution is 5.73. The zero-order valence-electron chi connectivity index (χ0n) is 12.3. The van der Waals surface area contributed by atoms with Gasteiger partial charge in [0, 0.05) is 6.42 Å². The molecule has 0 saturated heterocycles. The van der Waals surface area contributed by atoms with E-state index in [1.54, 1.807) is 0 Å². The number of esters is 1. The van der Waals surface area contributed by atoms with Crippen LogP contribution in [0.3, 0.4) is 0 Å². The summed E-state index contributed by atoms with van der Waals surface area (Å²) >= 11 is 0. The van der Waals surface area contributed by atoms with Crippen molar-refractivity contribution in [2.75, 3.05) is 0 Å². The summed E-state index contributed by atoms with van der Waals surface area (Å²) in [6.07, 6.45) is 3.85. The second kappa shape index (κ2) is 7.53. The number of rotatable bonds is 6. The molecule has 0 fully saturated rings. The van der Waals surface area contributed by atoms with Gasteiger partial charge in [0.05, 0.1) is 0 Å². The Bertz CT molecular complexity index is 568. The van der Waals surface area contributed by atoms with Gasteiger partial charge in [0.15, 0.2) is 0 Å². The van der Waals surface area contributed by atoms with E-state index in [0.717, 1.165) is 24.0 Å². The standard InChI is InChI=1S/C19H20O2/c1-3-4-5-6-19(20)21-18-13-11-17(12-14-18)16-9-7-15(2)8-10-16/h3,7-14H,1,4-6H2,2H3. The molecule has 2 nitrogen and oxygen atoms in total. The van der Waals surface area contributed by atoms with Crippen molar-refractivity contribution in [2.45, 2.75) is 26.2 Å². The Morgan fingerprint density at radius 3 is 2.19 bits per heavy atom. The third-order valence-electron chi connectivity index (χ3n) is 3.26. The fourth-order valence-corrected chi connectivity index (χ4v) is 2.03. The van der Waals surface area contributed by atoms with Crippen LogP contribution >= 0.6 is 0 Å². The highest BCUT2D eigenvalue weighted by Crippen LogP contribution is 2.23. The van der Waals surface area contributed by atoms with E-state index in [2.05, 4.69) is 38.1 Å². The highest BCUT2D eigenvalue weighted by Gasteiger charge is 2.04. The van der Waals surface area contributed by atoms with Crippen LogP contribution < -0.4 is 4.74 Å². The first-order valence-corrected chi connectivity index (χ1v) is 7.18. The monoisotopic (exact) mass is 280 g/mol. The Morgan fingerprint density at radius 1 is 1.05 bits per heavy atom. The Hall–Kier alpha value is -2.22. The molecule has 108 valence electrons. The lowest BCUT2D eigenvalue weighted by Crippen LogP contribution is -2.07. The van der Waals surface area contributed by atoms with Gasteiger partial charge in [-0.25, -0.2) is 0 Å². The Labute approximate surface area is 126 Å². The van der Waals surface area contributed by atoms with E-state index in [9.17, 15) is 4.79 Å². The van der Waals surface area contributed by atoms with Crippen molar-refractivity contribution in [3.05, 3.63) is 67.4 Å². The minimum atomic E-state index is -0.195. The van der Waals surface area contributed by atoms with Crippen LogP contribution in [0, 0.1) is 20.3 Å². The van der Waals surface area contributed by atoms with E-state index < -0.39 is 0 Å². The number of carbonyl (C=O) groups excluding carboxylic acids is 1. The number of hydrogen-bond acceptors (Lipinski definition) is 2. The smallest absolute Gasteiger partial charge is 0.311 e. The van der Waals surface area contributed by atoms with E-state index in [0.29, 0.717) is 12.2 Å². The van der Waals surface area contributed by atoms with E-state index in [4.69, 9.17) is 4.74 Å². The largest absolute Gasteiger partial charge is 0.427 e. The number of benzene rings is 2. The average Bonchev–Trinajstić information content (AvgIpc) is 2.49. The molecular weight excluding hydrogens is 260 g/mol. The summed E-state index contributed by atoms with van der Waals surface area (Å²) in [6.45, 7) is 5.70. The molecule has 0 aliphatic heterocycles. The number of carbonyl (C=O) groups is 1. The van der Waals surface area contributed by atoms with Crippen molar-refractivity contribution in [2.24, 2.45) is 0 Å². The third kappa shape index (κ3) is 4.67. The molecule has 0 N–H and O–H groups in total. The van der Waals surface area contributed by atoms with Gasteiger partial charge >= 0.3 is 5.97 Å². The van der Waals surface area contributed by atoms with Gasteiger partial charge in [0.25, 0.3) is 0 Å². The summed E-state index contributed by atoms with van der Waals surface area (Å²) in [7, 11) is 0. The van der Waals surface area contributed by atoms with Gasteiger partial charge in [-0.3, -0.25) is 4.79 Å². The van der Waals surface area contributed by atoms with Gasteiger partial charge in [0.2, 0.25) is 0 Å². The lowest BCUT2D eigenvalue weighted by atomic mass is 10.0. The van der Waals surface area contributed by atoms with Gasteiger partial charge in [-0.1, -0.05) is 55.3 Å². The molecule has 21 heavy (non-hydrogen) atoms. The lowest BCUT2D eigenvalue weighted by Gasteiger charge is -2.06. The summed E-state index contributed by atoms with van der Waals surface area (Å²) in [5.41, 5.74) is 3.51. The third-order valence-corrected chi connectivity index (χ3v) is 3.26. The Kier molecular flexibility index (Phi) is 5.44. The van der Waals surface area contributed by atoms with Crippen LogP contribution in [0.4, 0.5) is 0 Å². The van der Waals surface area contributed by atoms with Gasteiger partial charge in [0.1, 0.15) is 5.75 Å². The summed E-state index contributed by atoms with van der Waals surface area (Å²) in [5, 5.41) is 0. The van der Waals surface area contributed by atoms with Gasteiger partial charge in [-0.15, -0.1) is 12.8 Å². The minimum absolute atomic E-state index is 0.195. The number of aryl methyl sites for hydroxylation is 1. The predicted molar refractivity (Wildman–Crippen MR) is 85.8 cm³/mol. The van der Waals surface area contributed by atoms with Crippen LogP contribution in [0.15, 0.2) is 48.5 Å². The van der Waals surface area contributed by atoms with E-state index in [1.807, 2.05) is 30.7 Å². The van der Waals surface area contributed by atoms with E-state index >= 15 is 0 Å². The number of unbranched alkanes of at least 4 members (excludes halogenated alkanes) is 2. The molecule has 0 saturated carbocycles. The molecule has 0 spiro atoms. The SMILES string of the molecule is [CH2+][CH-]CCCC(=O)Oc1ccc(-c2ccc(C)cc2)cc1. The molecular formula is C19H20O2. The highest BCUT2D eigenvalue weighted by atomic mass is 16.5. The van der Waals surface area contributed by atoms with Crippen molar-refractivity contribution in [3.63, 3.8) is 0 Å². The second-order valence-electron chi connectivity index (χ2n) is 5.05. The fraction of sp³-hybridized carbons (Fsp3) is 0.211. The maximum Gasteiger partial charge on any atom is 0.311 e. The molecule has 0 unspecified atom stereocenters. The Morgan fingerprint density at radius 2 is 1.62 bits per heavy atom. The zero-order valence-corrected chi connectivity index (χ0v) is 12.3. The molecule has 0 aliphatic carbocycles. The minimum Gasteiger partial charge on any atom is -0.427 e. The van der Waals surface area contributed by atoms with Crippen LogP contribution in [-0.4, -0.2) is 5.97 Å². The van der Waals surface area contributed by atoms with Crippen molar-refractivity contribution >= 4 is 5.97 Å². The molecule has 0 aromatic heterocycles. The average molecular weight is 280 g/mol. The molecule has 0 aliphatic rings. The number of hydrogen-bond donors (Lipinski definition) is 0. The van der Waals surface area contributed by atoms with Gasteiger partial charge in [-0.2, -0.15) is 0 Å². The lowest BCUT2D eigenvalue weighted by molar-refractivity contribution is -0.134. The van der Waals surface area contributed by atoms with Crippen LogP contribution in [0.25, 0.3) is 11.1 Å². The summed E-state index contributed by atoms with van der Waals surface area (Å²) in [6, 6.07) is 16.0. The molecule has 2 aromatic carbocycles. The normalized spacial score (nSPS) is 10.3. The first kappa shape index (κ1) is 15.2. The van der Waals surface area contributed by atoms with Crippen molar-refractivity contribution in [1.29, 1.82) is 0 Å². The van der Waals surface area contributed by atoms with Crippen LogP contribution in [0.2, 0.25) is 0 Å². The van der Waals surface area contributed by atoms with Crippen LogP contribution in [-0.2, 0) is 4.79 Å². The summed E-state index contributed by atoms with van der Waals surface area (Å²) < 4.78 is 5.30. The first-order chi connectivity index (χ1) is 10.2. The van der Waals surface area contributed by atoms with Crippen LogP contribution in [0.1, 0.15) is 24.8 Å². The van der Waals surface area contributed by atoms with E-state index in [-0.39, 0.29) is 5.97 Å². The fourth-order valence-electron chi connectivity index (χ4n) is 2.03. The molecule has 0 atom stereocenters. The predicted octanol–water partition coefficient (Wildman–Crippen LogP) is 4.78. The van der Waals surface area contributed by atoms with Gasteiger partial charge in [-0.05, 0) is 30.2 Å².